The number of carbonyl (C=O) groups excluding carboxylic acids is 1. The van der Waals surface area contributed by atoms with Crippen LogP contribution in [0.25, 0.3) is 22.4 Å². The molecule has 0 radical (unpaired) electrons. The van der Waals surface area contributed by atoms with E-state index in [1.807, 2.05) is 24.3 Å². The van der Waals surface area contributed by atoms with Crippen molar-refractivity contribution in [3.63, 3.8) is 0 Å². The highest BCUT2D eigenvalue weighted by Crippen LogP contribution is 2.33. The highest BCUT2D eigenvalue weighted by Gasteiger charge is 2.14. The Balaban J connectivity index is 2.22. The van der Waals surface area contributed by atoms with Crippen molar-refractivity contribution in [1.29, 1.82) is 0 Å². The summed E-state index contributed by atoms with van der Waals surface area (Å²) in [7, 11) is 1.59. The van der Waals surface area contributed by atoms with E-state index < -0.39 is 0 Å². The first-order valence-corrected chi connectivity index (χ1v) is 5.39. The fraction of sp³-hybridized carbons (Fsp3) is 0.0769. The highest BCUT2D eigenvalue weighted by molar-refractivity contribution is 5.90. The molecule has 0 aliphatic carbocycles. The minimum absolute atomic E-state index is 0.466. The van der Waals surface area contributed by atoms with Gasteiger partial charge >= 0.3 is 0 Å². The lowest BCUT2D eigenvalue weighted by Gasteiger charge is -1.98. The first-order chi connectivity index (χ1) is 8.83. The lowest BCUT2D eigenvalue weighted by atomic mass is 10.2. The third-order valence-electron chi connectivity index (χ3n) is 2.77. The Morgan fingerprint density at radius 1 is 1.44 bits per heavy atom. The molecule has 0 saturated carbocycles. The second kappa shape index (κ2) is 4.03. The Kier molecular flexibility index (Phi) is 2.37. The van der Waals surface area contributed by atoms with Crippen molar-refractivity contribution in [2.24, 2.45) is 0 Å². The number of rotatable bonds is 3. The van der Waals surface area contributed by atoms with Gasteiger partial charge in [-0.1, -0.05) is 12.1 Å². The molecule has 0 atom stereocenters. The number of ether oxygens (including phenoxy) is 1. The van der Waals surface area contributed by atoms with Crippen molar-refractivity contribution < 1.29 is 13.9 Å². The SMILES string of the molecule is COc1cccc2cc(-c3[nH]ncc3C=O)oc12. The number of para-hydroxylation sites is 1. The minimum atomic E-state index is 0.466. The van der Waals surface area contributed by atoms with E-state index in [2.05, 4.69) is 10.2 Å². The summed E-state index contributed by atoms with van der Waals surface area (Å²) >= 11 is 0. The van der Waals surface area contributed by atoms with Crippen LogP contribution in [0.2, 0.25) is 0 Å². The number of fused-ring (bicyclic) bond motifs is 1. The van der Waals surface area contributed by atoms with Gasteiger partial charge in [-0.15, -0.1) is 0 Å². The van der Waals surface area contributed by atoms with Gasteiger partial charge in [-0.2, -0.15) is 5.10 Å². The number of benzene rings is 1. The molecule has 3 rings (SSSR count). The number of nitrogens with one attached hydrogen (secondary N) is 1. The molecule has 1 aromatic carbocycles. The molecule has 3 aromatic rings. The summed E-state index contributed by atoms with van der Waals surface area (Å²) in [6.45, 7) is 0. The summed E-state index contributed by atoms with van der Waals surface area (Å²) < 4.78 is 10.9. The summed E-state index contributed by atoms with van der Waals surface area (Å²) in [5.74, 6) is 1.22. The number of carbonyl (C=O) groups is 1. The maximum absolute atomic E-state index is 10.9. The average Bonchev–Trinajstić information content (AvgIpc) is 3.03. The molecule has 2 heterocycles. The predicted molar refractivity (Wildman–Crippen MR) is 65.7 cm³/mol. The van der Waals surface area contributed by atoms with Crippen molar-refractivity contribution in [2.45, 2.75) is 0 Å². The average molecular weight is 242 g/mol. The summed E-state index contributed by atoms with van der Waals surface area (Å²) in [6, 6.07) is 7.47. The second-order valence-corrected chi connectivity index (χ2v) is 3.81. The topological polar surface area (TPSA) is 68.1 Å². The van der Waals surface area contributed by atoms with Gasteiger partial charge in [-0.05, 0) is 12.1 Å². The molecule has 2 aromatic heterocycles. The van der Waals surface area contributed by atoms with E-state index in [9.17, 15) is 4.79 Å². The Labute approximate surface area is 102 Å². The van der Waals surface area contributed by atoms with E-state index in [0.29, 0.717) is 28.4 Å². The summed E-state index contributed by atoms with van der Waals surface area (Å²) in [6.07, 6.45) is 2.20. The molecule has 1 N–H and O–H groups in total. The van der Waals surface area contributed by atoms with Gasteiger partial charge in [0.15, 0.2) is 23.4 Å². The maximum Gasteiger partial charge on any atom is 0.176 e. The number of hydrogen-bond acceptors (Lipinski definition) is 4. The Hall–Kier alpha value is -2.56. The lowest BCUT2D eigenvalue weighted by Crippen LogP contribution is -1.82. The molecule has 0 aliphatic heterocycles. The van der Waals surface area contributed by atoms with Gasteiger partial charge in [0.1, 0.15) is 5.69 Å². The monoisotopic (exact) mass is 242 g/mol. The van der Waals surface area contributed by atoms with Gasteiger partial charge < -0.3 is 9.15 Å². The van der Waals surface area contributed by atoms with Crippen LogP contribution in [0.4, 0.5) is 0 Å². The molecule has 0 aliphatic rings. The largest absolute Gasteiger partial charge is 0.493 e. The van der Waals surface area contributed by atoms with Crippen LogP contribution in [0.5, 0.6) is 5.75 Å². The van der Waals surface area contributed by atoms with Crippen LogP contribution in [0.3, 0.4) is 0 Å². The summed E-state index contributed by atoms with van der Waals surface area (Å²) in [4.78, 5) is 10.9. The quantitative estimate of drug-likeness (QED) is 0.717. The maximum atomic E-state index is 10.9. The zero-order valence-corrected chi connectivity index (χ0v) is 9.64. The lowest BCUT2D eigenvalue weighted by molar-refractivity contribution is 0.112. The first-order valence-electron chi connectivity index (χ1n) is 5.39. The Morgan fingerprint density at radius 2 is 2.33 bits per heavy atom. The van der Waals surface area contributed by atoms with Crippen LogP contribution in [-0.2, 0) is 0 Å². The van der Waals surface area contributed by atoms with Gasteiger partial charge in [-0.25, -0.2) is 0 Å². The molecule has 5 nitrogen and oxygen atoms in total. The molecule has 0 bridgehead atoms. The van der Waals surface area contributed by atoms with E-state index in [0.717, 1.165) is 11.7 Å². The summed E-state index contributed by atoms with van der Waals surface area (Å²) in [5.41, 5.74) is 1.69. The standard InChI is InChI=1S/C13H10N2O3/c1-17-10-4-2-3-8-5-11(18-13(8)10)12-9(7-16)6-14-15-12/h2-7H,1H3,(H,14,15). The molecule has 0 fully saturated rings. The van der Waals surface area contributed by atoms with Crippen molar-refractivity contribution in [2.75, 3.05) is 7.11 Å². The van der Waals surface area contributed by atoms with E-state index in [-0.39, 0.29) is 0 Å². The number of aromatic amines is 1. The molecule has 0 unspecified atom stereocenters. The smallest absolute Gasteiger partial charge is 0.176 e. The first kappa shape index (κ1) is 10.6. The molecule has 5 heteroatoms. The van der Waals surface area contributed by atoms with Crippen LogP contribution >= 0.6 is 0 Å². The van der Waals surface area contributed by atoms with Crippen LogP contribution in [0, 0.1) is 0 Å². The van der Waals surface area contributed by atoms with Crippen molar-refractivity contribution in [3.05, 3.63) is 36.0 Å². The molecular formula is C13H10N2O3. The van der Waals surface area contributed by atoms with Crippen LogP contribution < -0.4 is 4.74 Å². The van der Waals surface area contributed by atoms with Crippen LogP contribution in [-0.4, -0.2) is 23.6 Å². The highest BCUT2D eigenvalue weighted by atomic mass is 16.5. The van der Waals surface area contributed by atoms with Gasteiger partial charge in [-0.3, -0.25) is 9.89 Å². The second-order valence-electron chi connectivity index (χ2n) is 3.81. The fourth-order valence-electron chi connectivity index (χ4n) is 1.90. The zero-order valence-electron chi connectivity index (χ0n) is 9.64. The molecule has 18 heavy (non-hydrogen) atoms. The van der Waals surface area contributed by atoms with Crippen molar-refractivity contribution in [3.8, 4) is 17.2 Å². The molecule has 0 amide bonds. The van der Waals surface area contributed by atoms with E-state index in [4.69, 9.17) is 9.15 Å². The number of aldehydes is 1. The van der Waals surface area contributed by atoms with Crippen molar-refractivity contribution >= 4 is 17.3 Å². The summed E-state index contributed by atoms with van der Waals surface area (Å²) in [5, 5.41) is 7.50. The molecule has 0 saturated heterocycles. The minimum Gasteiger partial charge on any atom is -0.493 e. The number of H-pyrrole nitrogens is 1. The van der Waals surface area contributed by atoms with Gasteiger partial charge in [0.2, 0.25) is 0 Å². The van der Waals surface area contributed by atoms with Gasteiger partial charge in [0.05, 0.1) is 18.9 Å². The van der Waals surface area contributed by atoms with Crippen LogP contribution in [0.1, 0.15) is 10.4 Å². The third-order valence-corrected chi connectivity index (χ3v) is 2.77. The molecular weight excluding hydrogens is 232 g/mol. The van der Waals surface area contributed by atoms with Gasteiger partial charge in [0, 0.05) is 5.39 Å². The van der Waals surface area contributed by atoms with Crippen LogP contribution in [0.15, 0.2) is 34.9 Å². The molecule has 0 spiro atoms. The van der Waals surface area contributed by atoms with E-state index >= 15 is 0 Å². The number of nitrogens with zero attached hydrogens (tertiary/aromatic N) is 1. The number of aromatic nitrogens is 2. The fourth-order valence-corrected chi connectivity index (χ4v) is 1.90. The van der Waals surface area contributed by atoms with E-state index in [1.54, 1.807) is 7.11 Å². The number of methoxy groups -OCH3 is 1. The van der Waals surface area contributed by atoms with Gasteiger partial charge in [0.25, 0.3) is 0 Å². The zero-order chi connectivity index (χ0) is 12.5. The normalized spacial score (nSPS) is 10.7. The third kappa shape index (κ3) is 1.48. The molecule has 90 valence electrons. The number of hydrogen-bond donors (Lipinski definition) is 1. The Bertz CT molecular complexity index is 712. The van der Waals surface area contributed by atoms with Crippen molar-refractivity contribution in [1.82, 2.24) is 10.2 Å². The predicted octanol–water partition coefficient (Wildman–Crippen LogP) is 2.64. The Morgan fingerprint density at radius 3 is 3.11 bits per heavy atom. The number of furan rings is 1. The van der Waals surface area contributed by atoms with E-state index in [1.165, 1.54) is 6.20 Å².